The van der Waals surface area contributed by atoms with Crippen LogP contribution in [-0.2, 0) is 14.8 Å². The Bertz CT molecular complexity index is 1230. The van der Waals surface area contributed by atoms with Crippen molar-refractivity contribution in [1.29, 1.82) is 0 Å². The Hall–Kier alpha value is -2.23. The summed E-state index contributed by atoms with van der Waals surface area (Å²) in [6.07, 6.45) is 7.30. The van der Waals surface area contributed by atoms with Crippen LogP contribution in [0.3, 0.4) is 0 Å². The van der Waals surface area contributed by atoms with Crippen LogP contribution in [0, 0.1) is 5.38 Å². The number of sulfonamides is 1. The fourth-order valence-corrected chi connectivity index (χ4v) is 5.27. The lowest BCUT2D eigenvalue weighted by atomic mass is 10.1. The van der Waals surface area contributed by atoms with E-state index in [1.54, 1.807) is 18.2 Å². The molecule has 0 amide bonds. The molecule has 6 nitrogen and oxygen atoms in total. The average Bonchev–Trinajstić information content (AvgIpc) is 2.78. The zero-order valence-corrected chi connectivity index (χ0v) is 20.4. The first-order valence-electron chi connectivity index (χ1n) is 9.17. The van der Waals surface area contributed by atoms with Gasteiger partial charge in [-0.1, -0.05) is 23.7 Å². The number of benzene rings is 1. The molecule has 0 aliphatic heterocycles. The van der Waals surface area contributed by atoms with Gasteiger partial charge in [0.05, 0.1) is 16.8 Å². The number of hydrogen-bond acceptors (Lipinski definition) is 6. The van der Waals surface area contributed by atoms with Gasteiger partial charge in [-0.3, -0.25) is 4.79 Å². The van der Waals surface area contributed by atoms with Crippen LogP contribution in [0.25, 0.3) is 0 Å². The molecule has 1 aromatic carbocycles. The molecule has 0 spiro atoms. The van der Waals surface area contributed by atoms with E-state index in [0.717, 1.165) is 9.20 Å². The predicted molar refractivity (Wildman–Crippen MR) is 130 cm³/mol. The molecular weight excluding hydrogens is 491 g/mol. The van der Waals surface area contributed by atoms with Crippen molar-refractivity contribution in [3.8, 4) is 0 Å². The summed E-state index contributed by atoms with van der Waals surface area (Å²) in [4.78, 5) is 18.3. The average molecular weight is 510 g/mol. The molecule has 10 heteroatoms. The molecule has 0 fully saturated rings. The maximum Gasteiger partial charge on any atom is 0.285 e. The zero-order chi connectivity index (χ0) is 23.5. The van der Waals surface area contributed by atoms with E-state index < -0.39 is 15.8 Å². The molecule has 0 radical (unpaired) electrons. The molecule has 2 aromatic rings. The Balaban J connectivity index is 2.17. The molecule has 1 aliphatic rings. The van der Waals surface area contributed by atoms with Crippen molar-refractivity contribution in [3.63, 3.8) is 0 Å². The molecule has 1 aromatic heterocycles. The van der Waals surface area contributed by atoms with E-state index in [1.807, 2.05) is 12.3 Å². The number of ether oxygens (including phenoxy) is 1. The highest BCUT2D eigenvalue weighted by atomic mass is 35.5. The molecule has 32 heavy (non-hydrogen) atoms. The topological polar surface area (TPSA) is 76.6 Å². The largest absolute Gasteiger partial charge is 0.363 e. The lowest BCUT2D eigenvalue weighted by molar-refractivity contribution is 0.103. The molecule has 0 atom stereocenters. The first kappa shape index (κ1) is 24.4. The van der Waals surface area contributed by atoms with Gasteiger partial charge in [-0.05, 0) is 42.6 Å². The van der Waals surface area contributed by atoms with Crippen molar-refractivity contribution in [2.24, 2.45) is 0 Å². The number of carbonyl (C=O) groups excluding carboxylic acids is 1. The maximum absolute atomic E-state index is 13.5. The number of anilines is 1. The summed E-state index contributed by atoms with van der Waals surface area (Å²) in [6, 6.07) is 8.40. The second-order valence-corrected chi connectivity index (χ2v) is 10.1. The summed E-state index contributed by atoms with van der Waals surface area (Å²) >= 11 is 13.5. The van der Waals surface area contributed by atoms with Crippen molar-refractivity contribution in [1.82, 2.24) is 4.98 Å². The van der Waals surface area contributed by atoms with Crippen molar-refractivity contribution in [3.05, 3.63) is 93.5 Å². The van der Waals surface area contributed by atoms with Crippen LogP contribution < -0.4 is 4.31 Å². The molecule has 0 saturated carbocycles. The monoisotopic (exact) mass is 509 g/mol. The van der Waals surface area contributed by atoms with E-state index in [2.05, 4.69) is 11.6 Å². The minimum atomic E-state index is -4.17. The lowest BCUT2D eigenvalue weighted by Crippen LogP contribution is -2.35. The fraction of sp³-hybridized carbons (Fsp3) is 0.136. The molecule has 166 valence electrons. The molecule has 1 aliphatic carbocycles. The molecular formula is C22H19Cl2N2O4S2+. The summed E-state index contributed by atoms with van der Waals surface area (Å²) in [5.74, 6) is -0.438. The standard InChI is InChI=1S/C22H19Cl2N2O4S2/c1-14-10-16(8-9-18(14)24)32(28,29)26(13-30-2)19-11-15(23)12-25-21(19)22(27)17-6-4-5-7-20(17)31-3/h4-12H,1,13H2,2-3H3/q+1. The van der Waals surface area contributed by atoms with E-state index in [-0.39, 0.29) is 28.0 Å². The molecule has 0 saturated heterocycles. The first-order chi connectivity index (χ1) is 15.2. The van der Waals surface area contributed by atoms with Crippen LogP contribution in [0.4, 0.5) is 5.69 Å². The molecule has 1 heterocycles. The van der Waals surface area contributed by atoms with E-state index in [4.69, 9.17) is 27.9 Å². The molecule has 0 bridgehead atoms. The van der Waals surface area contributed by atoms with Gasteiger partial charge in [-0.15, -0.1) is 11.8 Å². The van der Waals surface area contributed by atoms with E-state index in [0.29, 0.717) is 16.5 Å². The Morgan fingerprint density at radius 1 is 1.34 bits per heavy atom. The summed E-state index contributed by atoms with van der Waals surface area (Å²) in [5, 5.41) is 0.496. The molecule has 0 unspecified atom stereocenters. The molecule has 3 rings (SSSR count). The van der Waals surface area contributed by atoms with Gasteiger partial charge in [0.2, 0.25) is 5.78 Å². The number of aromatic nitrogens is 1. The third-order valence-electron chi connectivity index (χ3n) is 4.52. The van der Waals surface area contributed by atoms with E-state index in [9.17, 15) is 13.2 Å². The highest BCUT2D eigenvalue weighted by Crippen LogP contribution is 2.34. The maximum atomic E-state index is 13.5. The number of nitrogens with zero attached hydrogens (tertiary/aromatic N) is 2. The number of rotatable bonds is 8. The van der Waals surface area contributed by atoms with Crippen LogP contribution in [0.1, 0.15) is 16.1 Å². The second-order valence-electron chi connectivity index (χ2n) is 6.58. The number of ketones is 1. The Labute approximate surface area is 201 Å². The number of pyridine rings is 1. The van der Waals surface area contributed by atoms with Crippen molar-refractivity contribution in [2.45, 2.75) is 4.90 Å². The Morgan fingerprint density at radius 2 is 2.06 bits per heavy atom. The van der Waals surface area contributed by atoms with Gasteiger partial charge in [-0.2, -0.15) is 8.42 Å². The quantitative estimate of drug-likeness (QED) is 0.210. The normalized spacial score (nSPS) is 13.8. The highest BCUT2D eigenvalue weighted by Gasteiger charge is 2.35. The van der Waals surface area contributed by atoms with Crippen LogP contribution in [0.15, 0.2) is 76.7 Å². The predicted octanol–water partition coefficient (Wildman–Crippen LogP) is 5.21. The van der Waals surface area contributed by atoms with Gasteiger partial charge in [0, 0.05) is 35.9 Å². The second kappa shape index (κ2) is 10.1. The van der Waals surface area contributed by atoms with Gasteiger partial charge in [-0.25, -0.2) is 9.29 Å². The summed E-state index contributed by atoms with van der Waals surface area (Å²) in [5.41, 5.74) is 0.679. The third-order valence-corrected chi connectivity index (χ3v) is 7.62. The number of methoxy groups -OCH3 is 1. The Kier molecular flexibility index (Phi) is 7.74. The molecule has 0 N–H and O–H groups in total. The SMILES string of the molecule is C=C1C=C(S(=O)(=O)N(COC)c2cc(Cl)cnc2C(=O)c2ccccc2SC)C=C[C+]1Cl. The number of hydrogen-bond donors (Lipinski definition) is 0. The van der Waals surface area contributed by atoms with Crippen molar-refractivity contribution >= 4 is 56.5 Å². The van der Waals surface area contributed by atoms with Crippen LogP contribution in [-0.4, -0.2) is 39.3 Å². The summed E-state index contributed by atoms with van der Waals surface area (Å²) < 4.78 is 33.2. The van der Waals surface area contributed by atoms with E-state index in [1.165, 1.54) is 49.4 Å². The number of thioether (sulfide) groups is 1. The van der Waals surface area contributed by atoms with Gasteiger partial charge >= 0.3 is 0 Å². The number of carbonyl (C=O) groups is 1. The van der Waals surface area contributed by atoms with Gasteiger partial charge in [0.15, 0.2) is 4.91 Å². The number of halogens is 2. The first-order valence-corrected chi connectivity index (χ1v) is 12.6. The highest BCUT2D eigenvalue weighted by molar-refractivity contribution is 7.98. The van der Waals surface area contributed by atoms with Gasteiger partial charge in [0.1, 0.15) is 23.4 Å². The van der Waals surface area contributed by atoms with Crippen LogP contribution in [0.5, 0.6) is 0 Å². The summed E-state index contributed by atoms with van der Waals surface area (Å²) in [7, 11) is -2.83. The zero-order valence-electron chi connectivity index (χ0n) is 17.2. The fourth-order valence-electron chi connectivity index (χ4n) is 2.98. The Morgan fingerprint density at radius 3 is 2.72 bits per heavy atom. The van der Waals surface area contributed by atoms with Gasteiger partial charge in [0.25, 0.3) is 10.0 Å². The smallest absolute Gasteiger partial charge is 0.285 e. The lowest BCUT2D eigenvalue weighted by Gasteiger charge is -2.25. The van der Waals surface area contributed by atoms with Crippen molar-refractivity contribution in [2.75, 3.05) is 24.4 Å². The van der Waals surface area contributed by atoms with Gasteiger partial charge < -0.3 is 4.74 Å². The number of allylic oxidation sites excluding steroid dienone is 4. The van der Waals surface area contributed by atoms with E-state index >= 15 is 0 Å². The summed E-state index contributed by atoms with van der Waals surface area (Å²) in [6.45, 7) is 3.38. The van der Waals surface area contributed by atoms with Crippen LogP contribution >= 0.6 is 35.0 Å². The minimum absolute atomic E-state index is 0.000758. The van der Waals surface area contributed by atoms with Crippen LogP contribution in [0.2, 0.25) is 5.02 Å². The minimum Gasteiger partial charge on any atom is -0.363 e. The van der Waals surface area contributed by atoms with Crippen molar-refractivity contribution < 1.29 is 17.9 Å². The third kappa shape index (κ3) is 4.89.